The molecule has 0 saturated heterocycles. The van der Waals surface area contributed by atoms with Gasteiger partial charge in [0, 0.05) is 6.42 Å². The molecule has 0 fully saturated rings. The van der Waals surface area contributed by atoms with Crippen LogP contribution in [0.4, 0.5) is 0 Å². The van der Waals surface area contributed by atoms with Crippen LogP contribution in [0.2, 0.25) is 0 Å². The quantitative estimate of drug-likeness (QED) is 0.696. The van der Waals surface area contributed by atoms with Gasteiger partial charge in [-0.1, -0.05) is 64.1 Å². The summed E-state index contributed by atoms with van der Waals surface area (Å²) in [5.41, 5.74) is 1.29. The molecule has 2 rings (SSSR count). The predicted octanol–water partition coefficient (Wildman–Crippen LogP) is 5.35. The Balaban J connectivity index is 1.87. The summed E-state index contributed by atoms with van der Waals surface area (Å²) in [6, 6.07) is 14.4. The Bertz CT molecular complexity index is 637. The van der Waals surface area contributed by atoms with Crippen molar-refractivity contribution in [2.24, 2.45) is 11.3 Å². The molecule has 0 N–H and O–H groups in total. The Morgan fingerprint density at radius 2 is 1.77 bits per heavy atom. The largest absolute Gasteiger partial charge is 0.461 e. The van der Waals surface area contributed by atoms with Crippen LogP contribution in [0.5, 0.6) is 0 Å². The van der Waals surface area contributed by atoms with Crippen LogP contribution in [0.3, 0.4) is 0 Å². The smallest absolute Gasteiger partial charge is 0.306 e. The van der Waals surface area contributed by atoms with Crippen molar-refractivity contribution in [3.63, 3.8) is 0 Å². The number of ether oxygens (including phenoxy) is 1. The monoisotopic (exact) mass is 298 g/mol. The third kappa shape index (κ3) is 5.18. The van der Waals surface area contributed by atoms with Gasteiger partial charge >= 0.3 is 5.97 Å². The second-order valence-corrected chi connectivity index (χ2v) is 7.42. The van der Waals surface area contributed by atoms with Gasteiger partial charge in [0.05, 0.1) is 0 Å². The van der Waals surface area contributed by atoms with Crippen LogP contribution >= 0.6 is 0 Å². The van der Waals surface area contributed by atoms with Gasteiger partial charge in [0.15, 0.2) is 0 Å². The highest BCUT2D eigenvalue weighted by Gasteiger charge is 2.18. The molecule has 22 heavy (non-hydrogen) atoms. The van der Waals surface area contributed by atoms with E-state index in [1.54, 1.807) is 0 Å². The summed E-state index contributed by atoms with van der Waals surface area (Å²) < 4.78 is 5.42. The fourth-order valence-electron chi connectivity index (χ4n) is 2.95. The first-order valence-electron chi connectivity index (χ1n) is 7.97. The van der Waals surface area contributed by atoms with E-state index in [0.717, 1.165) is 12.0 Å². The number of esters is 1. The molecule has 0 aliphatic heterocycles. The Kier molecular flexibility index (Phi) is 5.23. The van der Waals surface area contributed by atoms with E-state index in [4.69, 9.17) is 4.74 Å². The topological polar surface area (TPSA) is 26.3 Å². The molecule has 0 aliphatic rings. The molecule has 0 heterocycles. The molecule has 2 nitrogen and oxygen atoms in total. The van der Waals surface area contributed by atoms with Crippen molar-refractivity contribution in [3.8, 4) is 0 Å². The highest BCUT2D eigenvalue weighted by atomic mass is 16.5. The number of hydrogen-bond donors (Lipinski definition) is 0. The molecule has 0 radical (unpaired) electrons. The second kappa shape index (κ2) is 6.95. The SMILES string of the molecule is CC(CC(=O)OCc1ccc2ccccc2c1)CC(C)(C)C. The summed E-state index contributed by atoms with van der Waals surface area (Å²) in [5.74, 6) is 0.244. The lowest BCUT2D eigenvalue weighted by molar-refractivity contribution is -0.146. The Labute approximate surface area is 133 Å². The first kappa shape index (κ1) is 16.5. The third-order valence-corrected chi connectivity index (χ3v) is 3.69. The van der Waals surface area contributed by atoms with Crippen molar-refractivity contribution in [2.45, 2.75) is 47.1 Å². The first-order chi connectivity index (χ1) is 10.3. The molecule has 2 aromatic carbocycles. The molecule has 0 bridgehead atoms. The Hall–Kier alpha value is -1.83. The minimum atomic E-state index is -0.107. The van der Waals surface area contributed by atoms with Crippen LogP contribution in [-0.2, 0) is 16.1 Å². The number of carbonyl (C=O) groups is 1. The van der Waals surface area contributed by atoms with Crippen LogP contribution < -0.4 is 0 Å². The molecule has 2 aromatic rings. The predicted molar refractivity (Wildman–Crippen MR) is 91.6 cm³/mol. The summed E-state index contributed by atoms with van der Waals surface area (Å²) in [5, 5.41) is 2.38. The Morgan fingerprint density at radius 3 is 2.45 bits per heavy atom. The van der Waals surface area contributed by atoms with Gasteiger partial charge in [0.2, 0.25) is 0 Å². The average molecular weight is 298 g/mol. The molecule has 2 heteroatoms. The normalized spacial score (nSPS) is 13.1. The van der Waals surface area contributed by atoms with Gasteiger partial charge in [-0.05, 0) is 40.2 Å². The number of rotatable bonds is 5. The third-order valence-electron chi connectivity index (χ3n) is 3.69. The van der Waals surface area contributed by atoms with Crippen LogP contribution in [-0.4, -0.2) is 5.97 Å². The number of fused-ring (bicyclic) bond motifs is 1. The van der Waals surface area contributed by atoms with E-state index in [2.05, 4.69) is 52.0 Å². The zero-order valence-corrected chi connectivity index (χ0v) is 14.1. The zero-order chi connectivity index (χ0) is 16.2. The Morgan fingerprint density at radius 1 is 1.09 bits per heavy atom. The van der Waals surface area contributed by atoms with Gasteiger partial charge in [0.1, 0.15) is 6.61 Å². The molecule has 118 valence electrons. The molecule has 0 aliphatic carbocycles. The summed E-state index contributed by atoms with van der Waals surface area (Å²) in [6.07, 6.45) is 1.52. The van der Waals surface area contributed by atoms with Gasteiger partial charge in [-0.25, -0.2) is 0 Å². The van der Waals surface area contributed by atoms with E-state index in [0.29, 0.717) is 18.9 Å². The lowest BCUT2D eigenvalue weighted by Gasteiger charge is -2.22. The highest BCUT2D eigenvalue weighted by molar-refractivity contribution is 5.83. The fraction of sp³-hybridized carbons (Fsp3) is 0.450. The molecule has 0 saturated carbocycles. The van der Waals surface area contributed by atoms with E-state index in [9.17, 15) is 4.79 Å². The molecule has 0 spiro atoms. The van der Waals surface area contributed by atoms with Crippen molar-refractivity contribution in [2.75, 3.05) is 0 Å². The van der Waals surface area contributed by atoms with Gasteiger partial charge in [0.25, 0.3) is 0 Å². The fourth-order valence-corrected chi connectivity index (χ4v) is 2.95. The van der Waals surface area contributed by atoms with Gasteiger partial charge < -0.3 is 4.74 Å². The molecular weight excluding hydrogens is 272 g/mol. The zero-order valence-electron chi connectivity index (χ0n) is 14.1. The number of carbonyl (C=O) groups excluding carboxylic acids is 1. The molecule has 0 aromatic heterocycles. The first-order valence-corrected chi connectivity index (χ1v) is 7.97. The maximum absolute atomic E-state index is 12.0. The molecule has 1 atom stereocenters. The summed E-state index contributed by atoms with van der Waals surface area (Å²) >= 11 is 0. The number of hydrogen-bond acceptors (Lipinski definition) is 2. The van der Waals surface area contributed by atoms with Crippen molar-refractivity contribution < 1.29 is 9.53 Å². The maximum Gasteiger partial charge on any atom is 0.306 e. The van der Waals surface area contributed by atoms with Crippen molar-refractivity contribution >= 4 is 16.7 Å². The van der Waals surface area contributed by atoms with E-state index in [1.165, 1.54) is 10.8 Å². The minimum Gasteiger partial charge on any atom is -0.461 e. The second-order valence-electron chi connectivity index (χ2n) is 7.42. The van der Waals surface area contributed by atoms with Gasteiger partial charge in [-0.3, -0.25) is 4.79 Å². The van der Waals surface area contributed by atoms with Crippen LogP contribution in [0.15, 0.2) is 42.5 Å². The molecule has 1 unspecified atom stereocenters. The summed E-state index contributed by atoms with van der Waals surface area (Å²) in [7, 11) is 0. The van der Waals surface area contributed by atoms with Crippen LogP contribution in [0, 0.1) is 11.3 Å². The molecule has 0 amide bonds. The van der Waals surface area contributed by atoms with Crippen LogP contribution in [0.25, 0.3) is 10.8 Å². The summed E-state index contributed by atoms with van der Waals surface area (Å²) in [6.45, 7) is 9.06. The molecular formula is C20H26O2. The van der Waals surface area contributed by atoms with Crippen LogP contribution in [0.1, 0.15) is 46.1 Å². The van der Waals surface area contributed by atoms with E-state index in [1.807, 2.05) is 18.2 Å². The van der Waals surface area contributed by atoms with Gasteiger partial charge in [-0.15, -0.1) is 0 Å². The van der Waals surface area contributed by atoms with Crippen molar-refractivity contribution in [1.82, 2.24) is 0 Å². The maximum atomic E-state index is 12.0. The lowest BCUT2D eigenvalue weighted by Crippen LogP contribution is -2.15. The highest BCUT2D eigenvalue weighted by Crippen LogP contribution is 2.26. The van der Waals surface area contributed by atoms with Crippen molar-refractivity contribution in [1.29, 1.82) is 0 Å². The van der Waals surface area contributed by atoms with E-state index in [-0.39, 0.29) is 11.4 Å². The summed E-state index contributed by atoms with van der Waals surface area (Å²) in [4.78, 5) is 12.0. The average Bonchev–Trinajstić information content (AvgIpc) is 2.42. The lowest BCUT2D eigenvalue weighted by atomic mass is 9.84. The standard InChI is InChI=1S/C20H26O2/c1-15(13-20(2,3)4)11-19(21)22-14-16-9-10-17-7-5-6-8-18(17)12-16/h5-10,12,15H,11,13-14H2,1-4H3. The van der Waals surface area contributed by atoms with Gasteiger partial charge in [-0.2, -0.15) is 0 Å². The van der Waals surface area contributed by atoms with E-state index >= 15 is 0 Å². The number of benzene rings is 2. The van der Waals surface area contributed by atoms with Crippen molar-refractivity contribution in [3.05, 3.63) is 48.0 Å². The van der Waals surface area contributed by atoms with E-state index < -0.39 is 0 Å². The minimum absolute atomic E-state index is 0.107.